The van der Waals surface area contributed by atoms with Gasteiger partial charge < -0.3 is 18.2 Å². The quantitative estimate of drug-likeness (QED) is 0.306. The third-order valence-electron chi connectivity index (χ3n) is 9.59. The van der Waals surface area contributed by atoms with Gasteiger partial charge in [0.25, 0.3) is 0 Å². The van der Waals surface area contributed by atoms with E-state index < -0.39 is 22.4 Å². The molecule has 3 heterocycles. The number of nitrogens with zero attached hydrogens (tertiary/aromatic N) is 1. The van der Waals surface area contributed by atoms with Gasteiger partial charge in [0.15, 0.2) is 16.6 Å². The number of hydrogen-bond acceptors (Lipinski definition) is 4. The van der Waals surface area contributed by atoms with Crippen molar-refractivity contribution in [3.05, 3.63) is 47.2 Å². The average molecular weight is 526 g/mol. The first-order valence-electron chi connectivity index (χ1n) is 13.4. The maximum absolute atomic E-state index is 13.5. The number of carbonyl (C=O) groups excluding carboxylic acids is 1. The van der Waals surface area contributed by atoms with Crippen molar-refractivity contribution in [3.8, 4) is 11.3 Å². The van der Waals surface area contributed by atoms with Crippen molar-refractivity contribution >= 4 is 22.6 Å². The molecule has 1 saturated heterocycles. The summed E-state index contributed by atoms with van der Waals surface area (Å²) in [5.41, 5.74) is 5.92. The Morgan fingerprint density at radius 2 is 1.64 bits per heavy atom. The van der Waals surface area contributed by atoms with Gasteiger partial charge in [-0.15, -0.1) is 0 Å². The van der Waals surface area contributed by atoms with E-state index in [4.69, 9.17) is 13.6 Å². The minimum absolute atomic E-state index is 0.00710. The molecule has 0 saturated carbocycles. The molecule has 7 heteroatoms. The Morgan fingerprint density at radius 3 is 2.28 bits per heavy atom. The first-order chi connectivity index (χ1) is 16.5. The Kier molecular flexibility index (Phi) is 5.71. The maximum atomic E-state index is 13.5. The summed E-state index contributed by atoms with van der Waals surface area (Å²) in [6.07, 6.45) is 1.17. The maximum Gasteiger partial charge on any atom is 0.314 e. The topological polar surface area (TPSA) is 49.7 Å². The van der Waals surface area contributed by atoms with Crippen LogP contribution in [0.25, 0.3) is 11.3 Å². The number of aromatic nitrogens is 1. The van der Waals surface area contributed by atoms with Gasteiger partial charge in [-0.2, -0.15) is 0 Å². The molecule has 1 aliphatic carbocycles. The van der Waals surface area contributed by atoms with Gasteiger partial charge in [-0.1, -0.05) is 65.8 Å². The van der Waals surface area contributed by atoms with E-state index in [9.17, 15) is 4.79 Å². The van der Waals surface area contributed by atoms with Crippen LogP contribution in [-0.4, -0.2) is 27.2 Å². The summed E-state index contributed by atoms with van der Waals surface area (Å²) in [7, 11) is -4.43. The molecule has 3 aliphatic rings. The van der Waals surface area contributed by atoms with E-state index >= 15 is 0 Å². The molecule has 2 aliphatic heterocycles. The minimum atomic E-state index is -2.26. The van der Waals surface area contributed by atoms with Crippen LogP contribution < -0.4 is 0 Å². The molecule has 1 aromatic carbocycles. The second-order valence-corrected chi connectivity index (χ2v) is 23.5. The molecular weight excluding hydrogens is 482 g/mol. The summed E-state index contributed by atoms with van der Waals surface area (Å²) >= 11 is 0. The van der Waals surface area contributed by atoms with Crippen molar-refractivity contribution in [2.75, 3.05) is 0 Å². The molecule has 0 radical (unpaired) electrons. The monoisotopic (exact) mass is 525 g/mol. The van der Waals surface area contributed by atoms with E-state index in [0.29, 0.717) is 6.42 Å². The highest BCUT2D eigenvalue weighted by atomic mass is 28.4. The zero-order valence-electron chi connectivity index (χ0n) is 23.7. The number of benzene rings is 1. The lowest BCUT2D eigenvalue weighted by Crippen LogP contribution is -2.50. The fourth-order valence-corrected chi connectivity index (χ4v) is 8.04. The molecule has 5 rings (SSSR count). The fourth-order valence-electron chi connectivity index (χ4n) is 5.41. The standard InChI is InChI=1S/C29H43NO4Si2/c1-27(2,3)35(7,8)33-25-21-18-29(32-26(21)31,34-36(9,10)28(4,5)6)22-17-23-20-14-12-11-13-19(20)15-16-30(23)24(22)25/h11-14,17,21,25H,15-16,18H2,1-10H3/t21-,25-,29-/m1/s1. The molecule has 0 spiro atoms. The van der Waals surface area contributed by atoms with Gasteiger partial charge in [0, 0.05) is 29.8 Å². The molecular formula is C29H43NO4Si2. The Bertz CT molecular complexity index is 1220. The van der Waals surface area contributed by atoms with Crippen molar-refractivity contribution < 1.29 is 18.4 Å². The zero-order chi connectivity index (χ0) is 26.5. The van der Waals surface area contributed by atoms with Crippen LogP contribution in [0.5, 0.6) is 0 Å². The number of esters is 1. The molecule has 3 atom stereocenters. The summed E-state index contributed by atoms with van der Waals surface area (Å²) in [5.74, 6) is -1.57. The largest absolute Gasteiger partial charge is 0.429 e. The van der Waals surface area contributed by atoms with E-state index in [1.165, 1.54) is 16.8 Å². The van der Waals surface area contributed by atoms with Crippen LogP contribution in [0.1, 0.15) is 70.9 Å². The second-order valence-electron chi connectivity index (χ2n) is 14.0. The summed E-state index contributed by atoms with van der Waals surface area (Å²) in [4.78, 5) is 13.5. The third kappa shape index (κ3) is 3.80. The van der Waals surface area contributed by atoms with Crippen molar-refractivity contribution in [1.82, 2.24) is 4.57 Å². The van der Waals surface area contributed by atoms with Crippen LogP contribution in [0.15, 0.2) is 30.3 Å². The van der Waals surface area contributed by atoms with Crippen LogP contribution in [0.4, 0.5) is 0 Å². The first-order valence-corrected chi connectivity index (χ1v) is 19.2. The van der Waals surface area contributed by atoms with Crippen LogP contribution >= 0.6 is 0 Å². The minimum Gasteiger partial charge on any atom is -0.429 e. The second kappa shape index (κ2) is 7.92. The number of fused-ring (bicyclic) bond motifs is 8. The van der Waals surface area contributed by atoms with Crippen LogP contribution in [0, 0.1) is 5.92 Å². The SMILES string of the molecule is CC(C)(C)[Si](C)(C)O[C@H]1c2c(cc3n2CCc2ccccc2-3)[C@]2(O[Si](C)(C)C(C)(C)C)C[C@H]1C(=O)O2. The predicted molar refractivity (Wildman–Crippen MR) is 149 cm³/mol. The molecule has 1 aromatic heterocycles. The summed E-state index contributed by atoms with van der Waals surface area (Å²) in [5, 5.41) is 0.0264. The van der Waals surface area contributed by atoms with E-state index in [1.807, 2.05) is 0 Å². The van der Waals surface area contributed by atoms with E-state index in [1.54, 1.807) is 0 Å². The fraction of sp³-hybridized carbons (Fsp3) is 0.621. The number of hydrogen-bond donors (Lipinski definition) is 0. The molecule has 0 unspecified atom stereocenters. The first kappa shape index (κ1) is 26.0. The molecule has 2 bridgehead atoms. The molecule has 196 valence electrons. The van der Waals surface area contributed by atoms with Crippen molar-refractivity contribution in [1.29, 1.82) is 0 Å². The Hall–Kier alpha value is -1.68. The summed E-state index contributed by atoms with van der Waals surface area (Å²) < 4.78 is 22.9. The van der Waals surface area contributed by atoms with Crippen molar-refractivity contribution in [2.45, 2.75) is 109 Å². The van der Waals surface area contributed by atoms with Gasteiger partial charge >= 0.3 is 5.97 Å². The van der Waals surface area contributed by atoms with E-state index in [0.717, 1.165) is 24.2 Å². The van der Waals surface area contributed by atoms with E-state index in [2.05, 4.69) is 103 Å². The lowest BCUT2D eigenvalue weighted by Gasteiger charge is -2.46. The normalized spacial score (nSPS) is 25.8. The average Bonchev–Trinajstić information content (AvgIpc) is 3.27. The van der Waals surface area contributed by atoms with Crippen LogP contribution in [0.3, 0.4) is 0 Å². The van der Waals surface area contributed by atoms with Gasteiger partial charge in [0.05, 0.1) is 17.7 Å². The number of rotatable bonds is 4. The van der Waals surface area contributed by atoms with Gasteiger partial charge in [-0.05, 0) is 54.3 Å². The van der Waals surface area contributed by atoms with E-state index in [-0.39, 0.29) is 28.1 Å². The smallest absolute Gasteiger partial charge is 0.314 e. The molecule has 1 fully saturated rings. The van der Waals surface area contributed by atoms with Gasteiger partial charge in [0.1, 0.15) is 0 Å². The van der Waals surface area contributed by atoms with Crippen molar-refractivity contribution in [2.24, 2.45) is 5.92 Å². The molecule has 36 heavy (non-hydrogen) atoms. The highest BCUT2D eigenvalue weighted by molar-refractivity contribution is 6.74. The van der Waals surface area contributed by atoms with Gasteiger partial charge in [-0.3, -0.25) is 4.79 Å². The molecule has 0 amide bonds. The highest BCUT2D eigenvalue weighted by Crippen LogP contribution is 2.59. The molecule has 2 aromatic rings. The predicted octanol–water partition coefficient (Wildman–Crippen LogP) is 7.53. The van der Waals surface area contributed by atoms with Crippen molar-refractivity contribution in [3.63, 3.8) is 0 Å². The number of aryl methyl sites for hydroxylation is 1. The number of carbonyl (C=O) groups is 1. The Labute approximate surface area is 218 Å². The zero-order valence-corrected chi connectivity index (χ0v) is 25.7. The lowest BCUT2D eigenvalue weighted by atomic mass is 9.84. The van der Waals surface area contributed by atoms with Crippen LogP contribution in [-0.2, 0) is 37.1 Å². The Morgan fingerprint density at radius 1 is 1.00 bits per heavy atom. The lowest BCUT2D eigenvalue weighted by molar-refractivity contribution is -0.186. The summed E-state index contributed by atoms with van der Waals surface area (Å²) in [6.45, 7) is 23.4. The number of ether oxygens (including phenoxy) is 1. The third-order valence-corrected chi connectivity index (χ3v) is 18.5. The summed E-state index contributed by atoms with van der Waals surface area (Å²) in [6, 6.07) is 10.9. The van der Waals surface area contributed by atoms with Gasteiger partial charge in [0.2, 0.25) is 5.79 Å². The van der Waals surface area contributed by atoms with Gasteiger partial charge in [-0.25, -0.2) is 0 Å². The highest BCUT2D eigenvalue weighted by Gasteiger charge is 2.63. The molecule has 0 N–H and O–H groups in total. The molecule has 5 nitrogen and oxygen atoms in total. The van der Waals surface area contributed by atoms with Crippen LogP contribution in [0.2, 0.25) is 36.3 Å². The Balaban J connectivity index is 1.72.